The Kier molecular flexibility index (Phi) is 7.01. The molecule has 158 valence electrons. The van der Waals surface area contributed by atoms with Crippen molar-refractivity contribution in [3.63, 3.8) is 0 Å². The zero-order valence-electron chi connectivity index (χ0n) is 17.5. The summed E-state index contributed by atoms with van der Waals surface area (Å²) in [5, 5.41) is 2.87. The zero-order chi connectivity index (χ0) is 22.4. The molecule has 0 aliphatic heterocycles. The molecule has 0 saturated heterocycles. The summed E-state index contributed by atoms with van der Waals surface area (Å²) in [6.07, 6.45) is 0. The topological polar surface area (TPSA) is 41.6 Å². The summed E-state index contributed by atoms with van der Waals surface area (Å²) in [6.45, 7) is 0.610. The maximum absolute atomic E-state index is 13.8. The lowest BCUT2D eigenvalue weighted by Gasteiger charge is -2.10. The molecule has 0 spiro atoms. The Labute approximate surface area is 180 Å². The average molecular weight is 420 g/mol. The Balaban J connectivity index is 1.82. The molecule has 6 heteroatoms. The number of methoxy groups -OCH3 is 1. The van der Waals surface area contributed by atoms with Crippen LogP contribution in [0.5, 0.6) is 5.75 Å². The SMILES string of the molecule is COc1ccc(C#CCN(C)C)cc1C(=O)c1ccc(Nc2ccc(F)cc2F)cc1. The molecule has 0 fully saturated rings. The Hall–Kier alpha value is -3.69. The van der Waals surface area contributed by atoms with E-state index in [4.69, 9.17) is 4.74 Å². The van der Waals surface area contributed by atoms with Crippen LogP contribution in [-0.2, 0) is 0 Å². The van der Waals surface area contributed by atoms with Gasteiger partial charge in [-0.1, -0.05) is 11.8 Å². The molecular formula is C25H22F2N2O2. The van der Waals surface area contributed by atoms with E-state index in [1.807, 2.05) is 25.1 Å². The molecule has 3 aromatic rings. The summed E-state index contributed by atoms with van der Waals surface area (Å²) in [7, 11) is 5.37. The van der Waals surface area contributed by atoms with Gasteiger partial charge in [0.05, 0.1) is 24.9 Å². The highest BCUT2D eigenvalue weighted by atomic mass is 19.1. The lowest BCUT2D eigenvalue weighted by atomic mass is 10.00. The molecule has 0 aliphatic rings. The van der Waals surface area contributed by atoms with E-state index in [0.29, 0.717) is 29.1 Å². The third-order valence-electron chi connectivity index (χ3n) is 4.43. The summed E-state index contributed by atoms with van der Waals surface area (Å²) in [4.78, 5) is 15.0. The quantitative estimate of drug-likeness (QED) is 0.457. The fourth-order valence-electron chi connectivity index (χ4n) is 2.87. The van der Waals surface area contributed by atoms with Crippen LogP contribution in [0.1, 0.15) is 21.5 Å². The first-order valence-corrected chi connectivity index (χ1v) is 9.56. The van der Waals surface area contributed by atoms with Crippen LogP contribution in [0.4, 0.5) is 20.2 Å². The zero-order valence-corrected chi connectivity index (χ0v) is 17.5. The molecule has 3 rings (SSSR count). The Bertz CT molecular complexity index is 1150. The highest BCUT2D eigenvalue weighted by Gasteiger charge is 2.15. The van der Waals surface area contributed by atoms with E-state index in [1.54, 1.807) is 36.4 Å². The van der Waals surface area contributed by atoms with Gasteiger partial charge in [-0.15, -0.1) is 0 Å². The molecule has 0 unspecified atom stereocenters. The number of carbonyl (C=O) groups excluding carboxylic acids is 1. The van der Waals surface area contributed by atoms with E-state index in [0.717, 1.165) is 11.6 Å². The predicted octanol–water partition coefficient (Wildman–Crippen LogP) is 4.86. The van der Waals surface area contributed by atoms with E-state index in [2.05, 4.69) is 17.2 Å². The maximum Gasteiger partial charge on any atom is 0.196 e. The number of ketones is 1. The van der Waals surface area contributed by atoms with Gasteiger partial charge in [-0.25, -0.2) is 8.78 Å². The molecule has 0 amide bonds. The smallest absolute Gasteiger partial charge is 0.196 e. The number of benzene rings is 3. The van der Waals surface area contributed by atoms with Crippen molar-refractivity contribution < 1.29 is 18.3 Å². The van der Waals surface area contributed by atoms with E-state index < -0.39 is 11.6 Å². The molecule has 0 radical (unpaired) electrons. The monoisotopic (exact) mass is 420 g/mol. The van der Waals surface area contributed by atoms with Crippen molar-refractivity contribution in [1.29, 1.82) is 0 Å². The summed E-state index contributed by atoms with van der Waals surface area (Å²) < 4.78 is 32.2. The minimum Gasteiger partial charge on any atom is -0.496 e. The molecule has 0 bridgehead atoms. The maximum atomic E-state index is 13.8. The number of nitrogens with zero attached hydrogens (tertiary/aromatic N) is 1. The normalized spacial score (nSPS) is 10.4. The van der Waals surface area contributed by atoms with Crippen molar-refractivity contribution in [2.75, 3.05) is 33.1 Å². The van der Waals surface area contributed by atoms with Crippen molar-refractivity contribution in [2.24, 2.45) is 0 Å². The first-order valence-electron chi connectivity index (χ1n) is 9.56. The van der Waals surface area contributed by atoms with E-state index >= 15 is 0 Å². The molecule has 0 atom stereocenters. The van der Waals surface area contributed by atoms with Crippen LogP contribution in [0.3, 0.4) is 0 Å². The van der Waals surface area contributed by atoms with Gasteiger partial charge in [0.25, 0.3) is 0 Å². The van der Waals surface area contributed by atoms with Crippen LogP contribution >= 0.6 is 0 Å². The molecule has 3 aromatic carbocycles. The highest BCUT2D eigenvalue weighted by Crippen LogP contribution is 2.25. The number of rotatable bonds is 6. The standard InChI is InChI=1S/C25H22F2N2O2/c1-29(2)14-4-5-17-6-13-24(31-3)21(15-17)25(30)18-7-10-20(11-8-18)28-23-12-9-19(26)16-22(23)27/h6-13,15-16,28H,14H2,1-3H3. The third kappa shape index (κ3) is 5.68. The number of hydrogen-bond acceptors (Lipinski definition) is 4. The van der Waals surface area contributed by atoms with E-state index in [9.17, 15) is 13.6 Å². The lowest BCUT2D eigenvalue weighted by molar-refractivity contribution is 0.103. The van der Waals surface area contributed by atoms with Gasteiger partial charge in [0.15, 0.2) is 5.78 Å². The molecular weight excluding hydrogens is 398 g/mol. The van der Waals surface area contributed by atoms with Gasteiger partial charge in [0.2, 0.25) is 0 Å². The minimum atomic E-state index is -0.697. The van der Waals surface area contributed by atoms with Crippen LogP contribution in [0.2, 0.25) is 0 Å². The second-order valence-electron chi connectivity index (χ2n) is 7.11. The van der Waals surface area contributed by atoms with E-state index in [1.165, 1.54) is 19.2 Å². The fraction of sp³-hybridized carbons (Fsp3) is 0.160. The molecule has 0 aliphatic carbocycles. The summed E-state index contributed by atoms with van der Waals surface area (Å²) in [5.74, 6) is 4.99. The van der Waals surface area contributed by atoms with Crippen molar-refractivity contribution in [2.45, 2.75) is 0 Å². The van der Waals surface area contributed by atoms with Crippen molar-refractivity contribution in [3.05, 3.63) is 89.0 Å². The molecule has 0 aromatic heterocycles. The average Bonchev–Trinajstić information content (AvgIpc) is 2.75. The number of carbonyl (C=O) groups is 1. The van der Waals surface area contributed by atoms with Crippen molar-refractivity contribution in [3.8, 4) is 17.6 Å². The summed E-state index contributed by atoms with van der Waals surface area (Å²) in [6, 6.07) is 15.1. The summed E-state index contributed by atoms with van der Waals surface area (Å²) in [5.41, 5.74) is 2.28. The largest absolute Gasteiger partial charge is 0.496 e. The number of ether oxygens (including phenoxy) is 1. The second-order valence-corrected chi connectivity index (χ2v) is 7.11. The van der Waals surface area contributed by atoms with Crippen LogP contribution in [0.15, 0.2) is 60.7 Å². The van der Waals surface area contributed by atoms with Crippen LogP contribution in [0, 0.1) is 23.5 Å². The van der Waals surface area contributed by atoms with Crippen LogP contribution in [-0.4, -0.2) is 38.4 Å². The van der Waals surface area contributed by atoms with Crippen LogP contribution in [0.25, 0.3) is 0 Å². The summed E-state index contributed by atoms with van der Waals surface area (Å²) >= 11 is 0. The molecule has 4 nitrogen and oxygen atoms in total. The van der Waals surface area contributed by atoms with Gasteiger partial charge in [0.1, 0.15) is 17.4 Å². The lowest BCUT2D eigenvalue weighted by Crippen LogP contribution is -2.10. The molecule has 0 saturated carbocycles. The number of anilines is 2. The first-order chi connectivity index (χ1) is 14.9. The highest BCUT2D eigenvalue weighted by molar-refractivity contribution is 6.11. The number of hydrogen-bond donors (Lipinski definition) is 1. The second kappa shape index (κ2) is 9.88. The van der Waals surface area contributed by atoms with Gasteiger partial charge in [-0.3, -0.25) is 9.69 Å². The van der Waals surface area contributed by atoms with Gasteiger partial charge in [0, 0.05) is 22.9 Å². The molecule has 0 heterocycles. The third-order valence-corrected chi connectivity index (χ3v) is 4.43. The fourth-order valence-corrected chi connectivity index (χ4v) is 2.87. The Morgan fingerprint density at radius 2 is 1.77 bits per heavy atom. The first kappa shape index (κ1) is 22.0. The Morgan fingerprint density at radius 3 is 2.42 bits per heavy atom. The van der Waals surface area contributed by atoms with Crippen LogP contribution < -0.4 is 10.1 Å². The van der Waals surface area contributed by atoms with Gasteiger partial charge < -0.3 is 10.1 Å². The van der Waals surface area contributed by atoms with Gasteiger partial charge >= 0.3 is 0 Å². The van der Waals surface area contributed by atoms with Gasteiger partial charge in [-0.05, 0) is 68.7 Å². The van der Waals surface area contributed by atoms with E-state index in [-0.39, 0.29) is 11.5 Å². The van der Waals surface area contributed by atoms with Crippen molar-refractivity contribution in [1.82, 2.24) is 4.90 Å². The van der Waals surface area contributed by atoms with Crippen molar-refractivity contribution >= 4 is 17.2 Å². The van der Waals surface area contributed by atoms with Gasteiger partial charge in [-0.2, -0.15) is 0 Å². The number of nitrogens with one attached hydrogen (secondary N) is 1. The Morgan fingerprint density at radius 1 is 1.03 bits per heavy atom. The molecule has 31 heavy (non-hydrogen) atoms. The minimum absolute atomic E-state index is 0.145. The number of halogens is 2. The molecule has 1 N–H and O–H groups in total. The predicted molar refractivity (Wildman–Crippen MR) is 118 cm³/mol.